The minimum Gasteiger partial charge on any atom is -0.359 e. The molecule has 0 radical (unpaired) electrons. The first-order valence-corrected chi connectivity index (χ1v) is 6.28. The van der Waals surface area contributed by atoms with Gasteiger partial charge in [-0.1, -0.05) is 13.8 Å². The molecule has 2 aliphatic heterocycles. The van der Waals surface area contributed by atoms with Crippen LogP contribution in [0.3, 0.4) is 0 Å². The summed E-state index contributed by atoms with van der Waals surface area (Å²) in [7, 11) is 0. The van der Waals surface area contributed by atoms with E-state index < -0.39 is 0 Å². The van der Waals surface area contributed by atoms with Crippen molar-refractivity contribution in [1.82, 2.24) is 10.2 Å². The molecule has 0 amide bonds. The molecule has 2 saturated heterocycles. The highest BCUT2D eigenvalue weighted by molar-refractivity contribution is 5.85. The molecule has 96 valence electrons. The minimum absolute atomic E-state index is 0. The molecule has 3 atom stereocenters. The Hall–Kier alpha value is 0.170. The first-order chi connectivity index (χ1) is 7.15. The summed E-state index contributed by atoms with van der Waals surface area (Å²) < 4.78 is 6.04. The zero-order valence-electron chi connectivity index (χ0n) is 10.7. The van der Waals surface area contributed by atoms with E-state index in [-0.39, 0.29) is 18.1 Å². The van der Waals surface area contributed by atoms with Gasteiger partial charge in [-0.2, -0.15) is 0 Å². The highest BCUT2D eigenvalue weighted by atomic mass is 35.5. The van der Waals surface area contributed by atoms with Crippen LogP contribution in [-0.4, -0.2) is 42.9 Å². The van der Waals surface area contributed by atoms with Crippen LogP contribution in [0.15, 0.2) is 0 Å². The Morgan fingerprint density at radius 3 is 2.81 bits per heavy atom. The van der Waals surface area contributed by atoms with Gasteiger partial charge in [-0.3, -0.25) is 10.2 Å². The maximum absolute atomic E-state index is 6.04. The third-order valence-electron chi connectivity index (χ3n) is 3.87. The van der Waals surface area contributed by atoms with Crippen molar-refractivity contribution >= 4 is 12.4 Å². The van der Waals surface area contributed by atoms with E-state index in [1.54, 1.807) is 0 Å². The van der Waals surface area contributed by atoms with Crippen LogP contribution in [0.2, 0.25) is 0 Å². The van der Waals surface area contributed by atoms with E-state index >= 15 is 0 Å². The SMILES string of the molecule is CCN1CCCC1C1(C)NCC(C)CO1.Cl. The Balaban J connectivity index is 0.00000128. The van der Waals surface area contributed by atoms with Gasteiger partial charge in [0.25, 0.3) is 0 Å². The molecule has 2 fully saturated rings. The molecule has 1 N–H and O–H groups in total. The molecule has 0 aromatic carbocycles. The molecule has 3 unspecified atom stereocenters. The van der Waals surface area contributed by atoms with E-state index in [1.807, 2.05) is 0 Å². The Labute approximate surface area is 105 Å². The lowest BCUT2D eigenvalue weighted by Gasteiger charge is -2.44. The molecule has 4 heteroatoms. The molecule has 3 nitrogen and oxygen atoms in total. The maximum atomic E-state index is 6.04. The van der Waals surface area contributed by atoms with E-state index in [0.29, 0.717) is 12.0 Å². The van der Waals surface area contributed by atoms with Crippen molar-refractivity contribution in [1.29, 1.82) is 0 Å². The van der Waals surface area contributed by atoms with Gasteiger partial charge in [0.1, 0.15) is 5.72 Å². The Morgan fingerprint density at radius 2 is 2.25 bits per heavy atom. The topological polar surface area (TPSA) is 24.5 Å². The van der Waals surface area contributed by atoms with Gasteiger partial charge in [0.2, 0.25) is 0 Å². The van der Waals surface area contributed by atoms with Gasteiger partial charge in [0.15, 0.2) is 0 Å². The summed E-state index contributed by atoms with van der Waals surface area (Å²) in [5.41, 5.74) is -0.112. The summed E-state index contributed by atoms with van der Waals surface area (Å²) in [6.45, 7) is 11.1. The zero-order valence-corrected chi connectivity index (χ0v) is 11.5. The molecule has 0 saturated carbocycles. The Morgan fingerprint density at radius 1 is 1.50 bits per heavy atom. The van der Waals surface area contributed by atoms with Gasteiger partial charge in [-0.15, -0.1) is 12.4 Å². The summed E-state index contributed by atoms with van der Waals surface area (Å²) in [4.78, 5) is 2.54. The van der Waals surface area contributed by atoms with Crippen LogP contribution in [0.5, 0.6) is 0 Å². The van der Waals surface area contributed by atoms with Gasteiger partial charge in [-0.25, -0.2) is 0 Å². The summed E-state index contributed by atoms with van der Waals surface area (Å²) in [6, 6.07) is 0.565. The van der Waals surface area contributed by atoms with Crippen LogP contribution in [0.1, 0.15) is 33.6 Å². The number of hydrogen-bond acceptors (Lipinski definition) is 3. The second-order valence-corrected chi connectivity index (χ2v) is 5.19. The molecule has 2 aliphatic rings. The van der Waals surface area contributed by atoms with Crippen molar-refractivity contribution in [3.63, 3.8) is 0 Å². The van der Waals surface area contributed by atoms with Crippen LogP contribution in [-0.2, 0) is 4.74 Å². The quantitative estimate of drug-likeness (QED) is 0.808. The maximum Gasteiger partial charge on any atom is 0.132 e. The first kappa shape index (κ1) is 14.2. The van der Waals surface area contributed by atoms with E-state index in [4.69, 9.17) is 4.74 Å². The van der Waals surface area contributed by atoms with Crippen molar-refractivity contribution < 1.29 is 4.74 Å². The summed E-state index contributed by atoms with van der Waals surface area (Å²) >= 11 is 0. The predicted molar refractivity (Wildman–Crippen MR) is 69.0 cm³/mol. The lowest BCUT2D eigenvalue weighted by molar-refractivity contribution is -0.138. The van der Waals surface area contributed by atoms with E-state index in [0.717, 1.165) is 19.7 Å². The number of ether oxygens (including phenoxy) is 1. The average molecular weight is 249 g/mol. The molecule has 0 aliphatic carbocycles. The van der Waals surface area contributed by atoms with Gasteiger partial charge in [0.05, 0.1) is 12.6 Å². The number of likely N-dealkylation sites (tertiary alicyclic amines) is 1. The normalized spacial score (nSPS) is 40.7. The third kappa shape index (κ3) is 2.70. The molecule has 2 rings (SSSR count). The van der Waals surface area contributed by atoms with Crippen molar-refractivity contribution in [3.05, 3.63) is 0 Å². The number of nitrogens with zero attached hydrogens (tertiary/aromatic N) is 1. The Bertz CT molecular complexity index is 217. The smallest absolute Gasteiger partial charge is 0.132 e. The summed E-state index contributed by atoms with van der Waals surface area (Å²) in [6.07, 6.45) is 2.58. The molecule has 0 spiro atoms. The zero-order chi connectivity index (χ0) is 10.9. The lowest BCUT2D eigenvalue weighted by atomic mass is 9.99. The monoisotopic (exact) mass is 248 g/mol. The molecular formula is C12H25ClN2O. The second kappa shape index (κ2) is 5.67. The molecule has 0 aromatic heterocycles. The number of nitrogens with one attached hydrogen (secondary N) is 1. The summed E-state index contributed by atoms with van der Waals surface area (Å²) in [5, 5.41) is 3.59. The van der Waals surface area contributed by atoms with Crippen LogP contribution in [0.25, 0.3) is 0 Å². The first-order valence-electron chi connectivity index (χ1n) is 6.28. The molecular weight excluding hydrogens is 224 g/mol. The highest BCUT2D eigenvalue weighted by Crippen LogP contribution is 2.30. The van der Waals surface area contributed by atoms with E-state index in [9.17, 15) is 0 Å². The van der Waals surface area contributed by atoms with Crippen LogP contribution < -0.4 is 5.32 Å². The standard InChI is InChI=1S/C12H24N2O.ClH/c1-4-14-7-5-6-11(14)12(3)13-8-10(2)9-15-12;/h10-11,13H,4-9H2,1-3H3;1H. The highest BCUT2D eigenvalue weighted by Gasteiger charge is 2.42. The van der Waals surface area contributed by atoms with Crippen molar-refractivity contribution in [2.45, 2.75) is 45.4 Å². The fraction of sp³-hybridized carbons (Fsp3) is 1.00. The van der Waals surface area contributed by atoms with Gasteiger partial charge < -0.3 is 4.74 Å². The minimum atomic E-state index is -0.112. The van der Waals surface area contributed by atoms with Crippen LogP contribution in [0, 0.1) is 5.92 Å². The average Bonchev–Trinajstić information content (AvgIpc) is 2.71. The van der Waals surface area contributed by atoms with Gasteiger partial charge in [-0.05, 0) is 38.8 Å². The molecule has 2 heterocycles. The van der Waals surface area contributed by atoms with E-state index in [1.165, 1.54) is 19.4 Å². The molecule has 0 aromatic rings. The van der Waals surface area contributed by atoms with Crippen molar-refractivity contribution in [3.8, 4) is 0 Å². The Kier molecular flexibility index (Phi) is 5.05. The van der Waals surface area contributed by atoms with Crippen molar-refractivity contribution in [2.24, 2.45) is 5.92 Å². The second-order valence-electron chi connectivity index (χ2n) is 5.19. The van der Waals surface area contributed by atoms with E-state index in [2.05, 4.69) is 31.0 Å². The number of rotatable bonds is 2. The number of likely N-dealkylation sites (N-methyl/N-ethyl adjacent to an activating group) is 1. The predicted octanol–water partition coefficient (Wildman–Crippen LogP) is 1.86. The summed E-state index contributed by atoms with van der Waals surface area (Å²) in [5.74, 6) is 0.648. The van der Waals surface area contributed by atoms with Crippen LogP contribution in [0.4, 0.5) is 0 Å². The van der Waals surface area contributed by atoms with Gasteiger partial charge >= 0.3 is 0 Å². The fourth-order valence-corrected chi connectivity index (χ4v) is 2.84. The van der Waals surface area contributed by atoms with Crippen LogP contribution >= 0.6 is 12.4 Å². The lowest BCUT2D eigenvalue weighted by Crippen LogP contribution is -2.62. The molecule has 0 bridgehead atoms. The number of hydrogen-bond donors (Lipinski definition) is 1. The van der Waals surface area contributed by atoms with Gasteiger partial charge in [0, 0.05) is 6.54 Å². The molecule has 16 heavy (non-hydrogen) atoms. The fourth-order valence-electron chi connectivity index (χ4n) is 2.84. The van der Waals surface area contributed by atoms with Crippen molar-refractivity contribution in [2.75, 3.05) is 26.2 Å². The third-order valence-corrected chi connectivity index (χ3v) is 3.87. The number of halogens is 1. The largest absolute Gasteiger partial charge is 0.359 e.